The van der Waals surface area contributed by atoms with E-state index in [9.17, 15) is 4.79 Å². The summed E-state index contributed by atoms with van der Waals surface area (Å²) >= 11 is 6.27. The molecule has 0 heterocycles. The third-order valence-electron chi connectivity index (χ3n) is 3.69. The summed E-state index contributed by atoms with van der Waals surface area (Å²) in [6.07, 6.45) is 0.519. The van der Waals surface area contributed by atoms with Gasteiger partial charge < -0.3 is 0 Å². The van der Waals surface area contributed by atoms with Crippen LogP contribution in [0.15, 0.2) is 60.7 Å². The van der Waals surface area contributed by atoms with E-state index in [0.29, 0.717) is 6.42 Å². The van der Waals surface area contributed by atoms with Gasteiger partial charge >= 0.3 is 0 Å². The summed E-state index contributed by atoms with van der Waals surface area (Å²) in [6.45, 7) is 1.88. The standard InChI is InChI=1S/C19H15ClO/c1-2-19(21)14-7-5-6-13(12-14)15-10-11-18(20)17-9-4-3-8-16(15)17/h3-12H,2H2,1H3. The molecule has 3 aromatic rings. The van der Waals surface area contributed by atoms with E-state index in [1.807, 2.05) is 61.5 Å². The maximum atomic E-state index is 11.9. The van der Waals surface area contributed by atoms with E-state index in [1.165, 1.54) is 0 Å². The van der Waals surface area contributed by atoms with Crippen molar-refractivity contribution in [2.75, 3.05) is 0 Å². The maximum absolute atomic E-state index is 11.9. The molecule has 0 N–H and O–H groups in total. The molecule has 0 aromatic heterocycles. The van der Waals surface area contributed by atoms with E-state index in [-0.39, 0.29) is 5.78 Å². The smallest absolute Gasteiger partial charge is 0.162 e. The van der Waals surface area contributed by atoms with Crippen LogP contribution in [-0.2, 0) is 0 Å². The van der Waals surface area contributed by atoms with Crippen molar-refractivity contribution >= 4 is 28.2 Å². The van der Waals surface area contributed by atoms with Crippen LogP contribution in [0.3, 0.4) is 0 Å². The molecular weight excluding hydrogens is 280 g/mol. The second-order valence-corrected chi connectivity index (χ2v) is 5.41. The average molecular weight is 295 g/mol. The van der Waals surface area contributed by atoms with Gasteiger partial charge in [0.25, 0.3) is 0 Å². The van der Waals surface area contributed by atoms with Gasteiger partial charge in [-0.1, -0.05) is 67.1 Å². The van der Waals surface area contributed by atoms with E-state index in [4.69, 9.17) is 11.6 Å². The summed E-state index contributed by atoms with van der Waals surface area (Å²) in [6, 6.07) is 19.8. The van der Waals surface area contributed by atoms with Crippen molar-refractivity contribution in [2.24, 2.45) is 0 Å². The van der Waals surface area contributed by atoms with Crippen LogP contribution >= 0.6 is 11.6 Å². The molecule has 0 spiro atoms. The summed E-state index contributed by atoms with van der Waals surface area (Å²) in [5, 5.41) is 2.88. The molecule has 0 atom stereocenters. The molecule has 1 nitrogen and oxygen atoms in total. The van der Waals surface area contributed by atoms with Crippen molar-refractivity contribution in [1.82, 2.24) is 0 Å². The van der Waals surface area contributed by atoms with Gasteiger partial charge in [-0.3, -0.25) is 4.79 Å². The molecule has 21 heavy (non-hydrogen) atoms. The van der Waals surface area contributed by atoms with Crippen molar-refractivity contribution in [1.29, 1.82) is 0 Å². The van der Waals surface area contributed by atoms with Gasteiger partial charge in [0.15, 0.2) is 5.78 Å². The minimum Gasteiger partial charge on any atom is -0.294 e. The highest BCUT2D eigenvalue weighted by molar-refractivity contribution is 6.36. The predicted octanol–water partition coefficient (Wildman–Crippen LogP) is 5.75. The lowest BCUT2D eigenvalue weighted by Crippen LogP contribution is -1.96. The van der Waals surface area contributed by atoms with Crippen LogP contribution in [0.25, 0.3) is 21.9 Å². The first kappa shape index (κ1) is 13.8. The highest BCUT2D eigenvalue weighted by Gasteiger charge is 2.09. The molecule has 0 aliphatic heterocycles. The van der Waals surface area contributed by atoms with Crippen molar-refractivity contribution in [3.05, 3.63) is 71.2 Å². The number of ketones is 1. The highest BCUT2D eigenvalue weighted by atomic mass is 35.5. The Morgan fingerprint density at radius 2 is 1.71 bits per heavy atom. The molecule has 3 rings (SSSR count). The highest BCUT2D eigenvalue weighted by Crippen LogP contribution is 2.33. The number of carbonyl (C=O) groups is 1. The van der Waals surface area contributed by atoms with Crippen molar-refractivity contribution < 1.29 is 4.79 Å². The van der Waals surface area contributed by atoms with E-state index >= 15 is 0 Å². The van der Waals surface area contributed by atoms with Crippen LogP contribution in [-0.4, -0.2) is 5.78 Å². The summed E-state index contributed by atoms with van der Waals surface area (Å²) in [4.78, 5) is 11.9. The fourth-order valence-electron chi connectivity index (χ4n) is 2.58. The monoisotopic (exact) mass is 294 g/mol. The summed E-state index contributed by atoms with van der Waals surface area (Å²) in [7, 11) is 0. The third kappa shape index (κ3) is 2.57. The van der Waals surface area contributed by atoms with Crippen LogP contribution in [0.5, 0.6) is 0 Å². The van der Waals surface area contributed by atoms with E-state index in [1.54, 1.807) is 0 Å². The number of rotatable bonds is 3. The summed E-state index contributed by atoms with van der Waals surface area (Å²) in [5.41, 5.74) is 2.90. The van der Waals surface area contributed by atoms with Gasteiger partial charge in [0.05, 0.1) is 0 Å². The molecule has 3 aromatic carbocycles. The Morgan fingerprint density at radius 3 is 2.48 bits per heavy atom. The molecule has 0 saturated carbocycles. The van der Waals surface area contributed by atoms with Gasteiger partial charge in [-0.25, -0.2) is 0 Å². The fraction of sp³-hybridized carbons (Fsp3) is 0.105. The SMILES string of the molecule is CCC(=O)c1cccc(-c2ccc(Cl)c3ccccc23)c1. The molecule has 0 radical (unpaired) electrons. The Kier molecular flexibility index (Phi) is 3.76. The number of carbonyl (C=O) groups excluding carboxylic acids is 1. The van der Waals surface area contributed by atoms with Crippen LogP contribution in [0.1, 0.15) is 23.7 Å². The van der Waals surface area contributed by atoms with Crippen LogP contribution in [0, 0.1) is 0 Å². The van der Waals surface area contributed by atoms with Crippen molar-refractivity contribution in [2.45, 2.75) is 13.3 Å². The van der Waals surface area contributed by atoms with E-state index in [2.05, 4.69) is 6.07 Å². The summed E-state index contributed by atoms with van der Waals surface area (Å²) in [5.74, 6) is 0.162. The molecule has 104 valence electrons. The molecule has 0 saturated heterocycles. The zero-order chi connectivity index (χ0) is 14.8. The second kappa shape index (κ2) is 5.71. The fourth-order valence-corrected chi connectivity index (χ4v) is 2.81. The number of halogens is 1. The Balaban J connectivity index is 2.22. The van der Waals surface area contributed by atoms with Gasteiger partial charge in [0.1, 0.15) is 0 Å². The van der Waals surface area contributed by atoms with Crippen molar-refractivity contribution in [3.8, 4) is 11.1 Å². The van der Waals surface area contributed by atoms with E-state index < -0.39 is 0 Å². The molecular formula is C19H15ClO. The molecule has 0 unspecified atom stereocenters. The average Bonchev–Trinajstić information content (AvgIpc) is 2.55. The van der Waals surface area contributed by atoms with Crippen molar-refractivity contribution in [3.63, 3.8) is 0 Å². The molecule has 2 heteroatoms. The number of hydrogen-bond acceptors (Lipinski definition) is 1. The number of Topliss-reactive ketones (excluding diaryl/α,β-unsaturated/α-hetero) is 1. The van der Waals surface area contributed by atoms with Crippen LogP contribution in [0.4, 0.5) is 0 Å². The lowest BCUT2D eigenvalue weighted by atomic mass is 9.96. The molecule has 0 bridgehead atoms. The number of hydrogen-bond donors (Lipinski definition) is 0. The maximum Gasteiger partial charge on any atom is 0.162 e. The zero-order valence-electron chi connectivity index (χ0n) is 11.8. The molecule has 0 fully saturated rings. The topological polar surface area (TPSA) is 17.1 Å². The Bertz CT molecular complexity index is 821. The first-order chi connectivity index (χ1) is 10.2. The zero-order valence-corrected chi connectivity index (χ0v) is 12.5. The molecule has 0 amide bonds. The Labute approximate surface area is 129 Å². The third-order valence-corrected chi connectivity index (χ3v) is 4.02. The Hall–Kier alpha value is -2.12. The molecule has 0 aliphatic carbocycles. The van der Waals surface area contributed by atoms with Gasteiger partial charge in [-0.2, -0.15) is 0 Å². The predicted molar refractivity (Wildman–Crippen MR) is 89.0 cm³/mol. The number of benzene rings is 3. The first-order valence-corrected chi connectivity index (χ1v) is 7.39. The molecule has 0 aliphatic rings. The summed E-state index contributed by atoms with van der Waals surface area (Å²) < 4.78 is 0. The van der Waals surface area contributed by atoms with E-state index in [0.717, 1.165) is 32.5 Å². The van der Waals surface area contributed by atoms with Gasteiger partial charge in [-0.15, -0.1) is 0 Å². The first-order valence-electron chi connectivity index (χ1n) is 7.01. The number of fused-ring (bicyclic) bond motifs is 1. The lowest BCUT2D eigenvalue weighted by molar-refractivity contribution is 0.0988. The minimum absolute atomic E-state index is 0.162. The lowest BCUT2D eigenvalue weighted by Gasteiger charge is -2.09. The van der Waals surface area contributed by atoms with Gasteiger partial charge in [0, 0.05) is 22.4 Å². The minimum atomic E-state index is 0.162. The Morgan fingerprint density at radius 1 is 0.952 bits per heavy atom. The van der Waals surface area contributed by atoms with Crippen LogP contribution < -0.4 is 0 Å². The van der Waals surface area contributed by atoms with Gasteiger partial charge in [0.2, 0.25) is 0 Å². The van der Waals surface area contributed by atoms with Gasteiger partial charge in [-0.05, 0) is 28.6 Å². The second-order valence-electron chi connectivity index (χ2n) is 5.00. The van der Waals surface area contributed by atoms with Crippen LogP contribution in [0.2, 0.25) is 5.02 Å². The normalized spacial score (nSPS) is 10.8. The largest absolute Gasteiger partial charge is 0.294 e. The quantitative estimate of drug-likeness (QED) is 0.562.